The molecule has 5 heteroatoms. The SMILES string of the molecule is CCCOc1ccc(-c2[nH]ncc2C=O)cc1Cl. The van der Waals surface area contributed by atoms with Crippen molar-refractivity contribution >= 4 is 17.9 Å². The second-order valence-corrected chi connectivity index (χ2v) is 4.22. The lowest BCUT2D eigenvalue weighted by molar-refractivity contribution is 0.112. The molecule has 1 N–H and O–H groups in total. The van der Waals surface area contributed by atoms with Crippen LogP contribution in [0.5, 0.6) is 5.75 Å². The molecule has 0 bridgehead atoms. The number of hydrogen-bond acceptors (Lipinski definition) is 3. The molecule has 0 saturated carbocycles. The van der Waals surface area contributed by atoms with E-state index in [1.807, 2.05) is 13.0 Å². The van der Waals surface area contributed by atoms with Crippen LogP contribution in [0.1, 0.15) is 23.7 Å². The van der Waals surface area contributed by atoms with Crippen LogP contribution >= 0.6 is 11.6 Å². The van der Waals surface area contributed by atoms with Crippen molar-refractivity contribution in [3.05, 3.63) is 35.0 Å². The Hall–Kier alpha value is -1.81. The number of ether oxygens (including phenoxy) is 1. The lowest BCUT2D eigenvalue weighted by Crippen LogP contribution is -1.95. The third kappa shape index (κ3) is 2.54. The first kappa shape index (κ1) is 12.6. The summed E-state index contributed by atoms with van der Waals surface area (Å²) >= 11 is 6.13. The topological polar surface area (TPSA) is 55.0 Å². The van der Waals surface area contributed by atoms with Crippen LogP contribution in [0.3, 0.4) is 0 Å². The summed E-state index contributed by atoms with van der Waals surface area (Å²) in [6.07, 6.45) is 3.17. The molecule has 0 amide bonds. The van der Waals surface area contributed by atoms with Crippen molar-refractivity contribution in [2.45, 2.75) is 13.3 Å². The number of carbonyl (C=O) groups excluding carboxylic acids is 1. The fourth-order valence-corrected chi connectivity index (χ4v) is 1.84. The molecular weight excluding hydrogens is 252 g/mol. The van der Waals surface area contributed by atoms with E-state index in [0.29, 0.717) is 28.6 Å². The predicted molar refractivity (Wildman–Crippen MR) is 70.2 cm³/mol. The van der Waals surface area contributed by atoms with Gasteiger partial charge in [0.2, 0.25) is 0 Å². The zero-order chi connectivity index (χ0) is 13.0. The van der Waals surface area contributed by atoms with Gasteiger partial charge in [-0.2, -0.15) is 5.10 Å². The molecule has 2 aromatic rings. The van der Waals surface area contributed by atoms with Gasteiger partial charge in [-0.3, -0.25) is 9.89 Å². The summed E-state index contributed by atoms with van der Waals surface area (Å²) in [5.41, 5.74) is 1.98. The molecule has 0 atom stereocenters. The molecule has 0 saturated heterocycles. The molecule has 0 aliphatic rings. The number of aromatic amines is 1. The molecule has 0 spiro atoms. The molecule has 1 aromatic heterocycles. The van der Waals surface area contributed by atoms with Crippen LogP contribution in [0.15, 0.2) is 24.4 Å². The van der Waals surface area contributed by atoms with Crippen molar-refractivity contribution in [1.82, 2.24) is 10.2 Å². The first-order valence-electron chi connectivity index (χ1n) is 5.67. The molecule has 1 aromatic carbocycles. The van der Waals surface area contributed by atoms with Crippen LogP contribution in [-0.4, -0.2) is 23.1 Å². The second kappa shape index (κ2) is 5.69. The van der Waals surface area contributed by atoms with Gasteiger partial charge in [-0.15, -0.1) is 0 Å². The minimum absolute atomic E-state index is 0.508. The summed E-state index contributed by atoms with van der Waals surface area (Å²) in [7, 11) is 0. The fraction of sp³-hybridized carbons (Fsp3) is 0.231. The zero-order valence-corrected chi connectivity index (χ0v) is 10.7. The minimum atomic E-state index is 0.508. The van der Waals surface area contributed by atoms with E-state index < -0.39 is 0 Å². The second-order valence-electron chi connectivity index (χ2n) is 3.81. The maximum Gasteiger partial charge on any atom is 0.153 e. The third-order valence-corrected chi connectivity index (χ3v) is 2.77. The highest BCUT2D eigenvalue weighted by molar-refractivity contribution is 6.32. The molecule has 0 radical (unpaired) electrons. The average molecular weight is 265 g/mol. The van der Waals surface area contributed by atoms with E-state index in [1.165, 1.54) is 6.20 Å². The van der Waals surface area contributed by atoms with E-state index in [4.69, 9.17) is 16.3 Å². The summed E-state index contributed by atoms with van der Waals surface area (Å²) in [5, 5.41) is 7.14. The predicted octanol–water partition coefficient (Wildman–Crippen LogP) is 3.33. The van der Waals surface area contributed by atoms with Crippen molar-refractivity contribution in [1.29, 1.82) is 0 Å². The Morgan fingerprint density at radius 2 is 2.33 bits per heavy atom. The van der Waals surface area contributed by atoms with Crippen molar-refractivity contribution < 1.29 is 9.53 Å². The van der Waals surface area contributed by atoms with Crippen LogP contribution < -0.4 is 4.74 Å². The fourth-order valence-electron chi connectivity index (χ4n) is 1.60. The molecule has 0 unspecified atom stereocenters. The molecule has 0 fully saturated rings. The van der Waals surface area contributed by atoms with E-state index in [-0.39, 0.29) is 0 Å². The van der Waals surface area contributed by atoms with Gasteiger partial charge in [0.15, 0.2) is 6.29 Å². The maximum atomic E-state index is 10.8. The van der Waals surface area contributed by atoms with Gasteiger partial charge in [-0.05, 0) is 24.6 Å². The third-order valence-electron chi connectivity index (χ3n) is 2.48. The van der Waals surface area contributed by atoms with Crippen molar-refractivity contribution in [2.75, 3.05) is 6.61 Å². The lowest BCUT2D eigenvalue weighted by atomic mass is 10.1. The number of hydrogen-bond donors (Lipinski definition) is 1. The molecule has 1 heterocycles. The van der Waals surface area contributed by atoms with E-state index in [2.05, 4.69) is 10.2 Å². The minimum Gasteiger partial charge on any atom is -0.492 e. The van der Waals surface area contributed by atoms with Crippen LogP contribution in [0.4, 0.5) is 0 Å². The summed E-state index contributed by atoms with van der Waals surface area (Å²) in [6.45, 7) is 2.66. The largest absolute Gasteiger partial charge is 0.492 e. The summed E-state index contributed by atoms with van der Waals surface area (Å²) in [5.74, 6) is 0.648. The average Bonchev–Trinajstić information content (AvgIpc) is 2.85. The van der Waals surface area contributed by atoms with Gasteiger partial charge in [0.1, 0.15) is 5.75 Å². The summed E-state index contributed by atoms with van der Waals surface area (Å²) in [4.78, 5) is 10.8. The molecule has 0 aliphatic carbocycles. The molecule has 94 valence electrons. The number of aldehydes is 1. The van der Waals surface area contributed by atoms with Crippen molar-refractivity contribution in [3.63, 3.8) is 0 Å². The Bertz CT molecular complexity index is 552. The van der Waals surface area contributed by atoms with Gasteiger partial charge in [-0.25, -0.2) is 0 Å². The standard InChI is InChI=1S/C13H13ClN2O2/c1-2-5-18-12-4-3-9(6-11(12)14)13-10(8-17)7-15-16-13/h3-4,6-8H,2,5H2,1H3,(H,15,16). The highest BCUT2D eigenvalue weighted by Gasteiger charge is 2.09. The maximum absolute atomic E-state index is 10.8. The van der Waals surface area contributed by atoms with Gasteiger partial charge < -0.3 is 4.74 Å². The molecule has 2 rings (SSSR count). The molecule has 18 heavy (non-hydrogen) atoms. The first-order valence-corrected chi connectivity index (χ1v) is 6.05. The van der Waals surface area contributed by atoms with Gasteiger partial charge in [-0.1, -0.05) is 18.5 Å². The van der Waals surface area contributed by atoms with E-state index in [1.54, 1.807) is 12.1 Å². The Labute approximate surface area is 110 Å². The number of nitrogens with one attached hydrogen (secondary N) is 1. The van der Waals surface area contributed by atoms with Gasteiger partial charge in [0.05, 0.1) is 29.1 Å². The van der Waals surface area contributed by atoms with Crippen molar-refractivity contribution in [2.24, 2.45) is 0 Å². The Morgan fingerprint density at radius 1 is 1.50 bits per heavy atom. The van der Waals surface area contributed by atoms with Crippen LogP contribution in [0, 0.1) is 0 Å². The van der Waals surface area contributed by atoms with Crippen LogP contribution in [0.25, 0.3) is 11.3 Å². The highest BCUT2D eigenvalue weighted by Crippen LogP contribution is 2.30. The van der Waals surface area contributed by atoms with Crippen molar-refractivity contribution in [3.8, 4) is 17.0 Å². The van der Waals surface area contributed by atoms with Crippen LogP contribution in [0.2, 0.25) is 5.02 Å². The summed E-state index contributed by atoms with van der Waals surface area (Å²) < 4.78 is 5.49. The Morgan fingerprint density at radius 3 is 3.00 bits per heavy atom. The van der Waals surface area contributed by atoms with Gasteiger partial charge in [0, 0.05) is 5.56 Å². The number of halogens is 1. The van der Waals surface area contributed by atoms with Crippen LogP contribution in [-0.2, 0) is 0 Å². The number of carbonyl (C=O) groups is 1. The quantitative estimate of drug-likeness (QED) is 0.843. The van der Waals surface area contributed by atoms with E-state index in [0.717, 1.165) is 18.3 Å². The Kier molecular flexibility index (Phi) is 3.99. The number of nitrogens with zero attached hydrogens (tertiary/aromatic N) is 1. The normalized spacial score (nSPS) is 10.3. The summed E-state index contributed by atoms with van der Waals surface area (Å²) in [6, 6.07) is 5.40. The number of aromatic nitrogens is 2. The van der Waals surface area contributed by atoms with E-state index in [9.17, 15) is 4.79 Å². The Balaban J connectivity index is 2.31. The lowest BCUT2D eigenvalue weighted by Gasteiger charge is -2.08. The van der Waals surface area contributed by atoms with Gasteiger partial charge in [0.25, 0.3) is 0 Å². The molecular formula is C13H13ClN2O2. The molecule has 0 aliphatic heterocycles. The molecule has 4 nitrogen and oxygen atoms in total. The van der Waals surface area contributed by atoms with E-state index >= 15 is 0 Å². The smallest absolute Gasteiger partial charge is 0.153 e. The number of benzene rings is 1. The first-order chi connectivity index (χ1) is 8.76. The highest BCUT2D eigenvalue weighted by atomic mass is 35.5. The number of rotatable bonds is 5. The number of H-pyrrole nitrogens is 1. The monoisotopic (exact) mass is 264 g/mol. The zero-order valence-electron chi connectivity index (χ0n) is 9.94. The van der Waals surface area contributed by atoms with Gasteiger partial charge >= 0.3 is 0 Å².